The first-order valence-electron chi connectivity index (χ1n) is 1.82. The summed E-state index contributed by atoms with van der Waals surface area (Å²) in [5, 5.41) is 25.5. The van der Waals surface area contributed by atoms with E-state index in [4.69, 9.17) is 15.3 Å². The first-order valence-corrected chi connectivity index (χ1v) is 1.82. The Labute approximate surface area is 45.6 Å². The molecule has 0 unspecified atom stereocenters. The summed E-state index contributed by atoms with van der Waals surface area (Å²) in [7, 11) is 0. The van der Waals surface area contributed by atoms with Crippen LogP contribution in [0.25, 0.3) is 0 Å². The molecular formula is C3H6NO4. The summed E-state index contributed by atoms with van der Waals surface area (Å²) in [6, 6.07) is 0. The highest BCUT2D eigenvalue weighted by Crippen LogP contribution is 1.81. The van der Waals surface area contributed by atoms with Crippen molar-refractivity contribution in [2.75, 3.05) is 6.61 Å². The van der Waals surface area contributed by atoms with E-state index in [1.807, 2.05) is 0 Å². The van der Waals surface area contributed by atoms with Crippen LogP contribution in [-0.2, 0) is 0 Å². The minimum absolute atomic E-state index is 0.669. The number of aliphatic hydroxyl groups is 2. The van der Waals surface area contributed by atoms with Crippen LogP contribution in [0.5, 0.6) is 0 Å². The zero-order valence-electron chi connectivity index (χ0n) is 3.96. The highest BCUT2D eigenvalue weighted by molar-refractivity contribution is 5.65. The van der Waals surface area contributed by atoms with E-state index in [0.717, 1.165) is 0 Å². The third-order valence-corrected chi connectivity index (χ3v) is 0.401. The van der Waals surface area contributed by atoms with Gasteiger partial charge in [-0.2, -0.15) is 0 Å². The zero-order chi connectivity index (χ0) is 6.57. The molecule has 5 heteroatoms. The van der Waals surface area contributed by atoms with E-state index in [-0.39, 0.29) is 0 Å². The highest BCUT2D eigenvalue weighted by Gasteiger charge is 2.04. The Kier molecular flexibility index (Phi) is 2.90. The monoisotopic (exact) mass is 120 g/mol. The molecule has 0 aliphatic carbocycles. The number of aliphatic hydroxyl groups excluding tert-OH is 2. The second-order valence-electron chi connectivity index (χ2n) is 1.03. The molecular weight excluding hydrogens is 114 g/mol. The van der Waals surface area contributed by atoms with E-state index in [0.29, 0.717) is 0 Å². The highest BCUT2D eigenvalue weighted by atomic mass is 16.4. The molecule has 1 amide bonds. The lowest BCUT2D eigenvalue weighted by molar-refractivity contribution is 0.142. The number of carbonyl (C=O) groups is 1. The molecule has 0 aromatic rings. The van der Waals surface area contributed by atoms with Gasteiger partial charge in [-0.25, -0.2) is 4.79 Å². The van der Waals surface area contributed by atoms with Crippen molar-refractivity contribution in [3.8, 4) is 0 Å². The Hall–Kier alpha value is -0.810. The van der Waals surface area contributed by atoms with Gasteiger partial charge in [-0.1, -0.05) is 0 Å². The van der Waals surface area contributed by atoms with Crippen LogP contribution in [-0.4, -0.2) is 28.0 Å². The molecule has 0 fully saturated rings. The largest absolute Gasteiger partial charge is 0.465 e. The molecule has 0 saturated carbocycles. The Morgan fingerprint density at radius 2 is 2.00 bits per heavy atom. The summed E-state index contributed by atoms with van der Waals surface area (Å²) in [5.74, 6) is 0. The maximum atomic E-state index is 9.57. The van der Waals surface area contributed by atoms with Crippen LogP contribution in [0.4, 0.5) is 4.79 Å². The first kappa shape index (κ1) is 7.19. The molecule has 0 bridgehead atoms. The molecule has 0 spiro atoms. The van der Waals surface area contributed by atoms with Crippen LogP contribution in [0.15, 0.2) is 0 Å². The van der Waals surface area contributed by atoms with Crippen LogP contribution < -0.4 is 5.32 Å². The van der Waals surface area contributed by atoms with Crippen molar-refractivity contribution >= 4 is 6.09 Å². The lowest BCUT2D eigenvalue weighted by Gasteiger charge is -2.01. The van der Waals surface area contributed by atoms with Gasteiger partial charge in [-0.05, 0) is 0 Å². The van der Waals surface area contributed by atoms with Crippen molar-refractivity contribution in [2.45, 2.75) is 0 Å². The summed E-state index contributed by atoms with van der Waals surface area (Å²) in [6.45, 7) is -0.688. The first-order chi connectivity index (χ1) is 3.66. The fourth-order valence-corrected chi connectivity index (χ4v) is 0.163. The van der Waals surface area contributed by atoms with Crippen molar-refractivity contribution in [1.82, 2.24) is 5.32 Å². The zero-order valence-corrected chi connectivity index (χ0v) is 3.96. The van der Waals surface area contributed by atoms with Gasteiger partial charge >= 0.3 is 6.09 Å². The van der Waals surface area contributed by atoms with Gasteiger partial charge in [-0.15, -0.1) is 0 Å². The second kappa shape index (κ2) is 3.23. The second-order valence-corrected chi connectivity index (χ2v) is 1.03. The number of amides is 1. The van der Waals surface area contributed by atoms with Gasteiger partial charge in [0.15, 0.2) is 0 Å². The molecule has 8 heavy (non-hydrogen) atoms. The van der Waals surface area contributed by atoms with E-state index in [2.05, 4.69) is 0 Å². The summed E-state index contributed by atoms with van der Waals surface area (Å²) in [5.41, 5.74) is 0. The van der Waals surface area contributed by atoms with Gasteiger partial charge in [0.2, 0.25) is 6.23 Å². The van der Waals surface area contributed by atoms with Gasteiger partial charge in [0, 0.05) is 0 Å². The SMILES string of the molecule is O=C(O)N[C](O)CO. The molecule has 0 heterocycles. The minimum Gasteiger partial charge on any atom is -0.465 e. The van der Waals surface area contributed by atoms with E-state index in [9.17, 15) is 4.79 Å². The van der Waals surface area contributed by atoms with Crippen molar-refractivity contribution in [1.29, 1.82) is 0 Å². The summed E-state index contributed by atoms with van der Waals surface area (Å²) in [4.78, 5) is 9.57. The van der Waals surface area contributed by atoms with E-state index >= 15 is 0 Å². The molecule has 0 saturated heterocycles. The normalized spacial score (nSPS) is 9.38. The lowest BCUT2D eigenvalue weighted by atomic mass is 10.6. The van der Waals surface area contributed by atoms with Crippen LogP contribution in [0.2, 0.25) is 0 Å². The number of nitrogens with one attached hydrogen (secondary N) is 1. The number of carboxylic acid groups (broad SMARTS) is 1. The Morgan fingerprint density at radius 3 is 2.12 bits per heavy atom. The molecule has 0 aromatic carbocycles. The minimum atomic E-state index is -1.39. The summed E-state index contributed by atoms with van der Waals surface area (Å²) >= 11 is 0. The smallest absolute Gasteiger partial charge is 0.407 e. The van der Waals surface area contributed by atoms with E-state index in [1.165, 1.54) is 5.32 Å². The molecule has 5 nitrogen and oxygen atoms in total. The fourth-order valence-electron chi connectivity index (χ4n) is 0.163. The third kappa shape index (κ3) is 3.38. The average molecular weight is 120 g/mol. The predicted octanol–water partition coefficient (Wildman–Crippen LogP) is -0.892. The molecule has 0 aliphatic rings. The standard InChI is InChI=1S/C3H6NO4/c5-1-2(6)4-3(7)8/h4-6H,1H2,(H,7,8). The van der Waals surface area contributed by atoms with Crippen molar-refractivity contribution in [3.63, 3.8) is 0 Å². The van der Waals surface area contributed by atoms with Crippen LogP contribution in [0.1, 0.15) is 0 Å². The fraction of sp³-hybridized carbons (Fsp3) is 0.333. The van der Waals surface area contributed by atoms with Crippen molar-refractivity contribution in [2.24, 2.45) is 0 Å². The quantitative estimate of drug-likeness (QED) is 0.380. The molecule has 0 aromatic heterocycles. The van der Waals surface area contributed by atoms with Gasteiger partial charge < -0.3 is 15.3 Å². The molecule has 1 radical (unpaired) electrons. The number of rotatable bonds is 2. The molecule has 0 rings (SSSR count). The Balaban J connectivity index is 3.24. The van der Waals surface area contributed by atoms with E-state index in [1.54, 1.807) is 0 Å². The predicted molar refractivity (Wildman–Crippen MR) is 23.4 cm³/mol. The summed E-state index contributed by atoms with van der Waals surface area (Å²) < 4.78 is 0. The molecule has 0 atom stereocenters. The van der Waals surface area contributed by atoms with Gasteiger partial charge in [0.25, 0.3) is 0 Å². The summed E-state index contributed by atoms with van der Waals surface area (Å²) in [6.07, 6.45) is -2.06. The maximum absolute atomic E-state index is 9.57. The third-order valence-electron chi connectivity index (χ3n) is 0.401. The molecule has 0 aliphatic heterocycles. The van der Waals surface area contributed by atoms with Crippen LogP contribution >= 0.6 is 0 Å². The lowest BCUT2D eigenvalue weighted by Crippen LogP contribution is -2.28. The van der Waals surface area contributed by atoms with Crippen LogP contribution in [0, 0.1) is 6.23 Å². The van der Waals surface area contributed by atoms with Gasteiger partial charge in [0.1, 0.15) is 0 Å². The topological polar surface area (TPSA) is 89.8 Å². The Bertz CT molecular complexity index is 83.4. The van der Waals surface area contributed by atoms with Crippen molar-refractivity contribution in [3.05, 3.63) is 6.23 Å². The molecule has 4 N–H and O–H groups in total. The van der Waals surface area contributed by atoms with Crippen molar-refractivity contribution < 1.29 is 20.1 Å². The maximum Gasteiger partial charge on any atom is 0.407 e. The number of hydrogen-bond acceptors (Lipinski definition) is 3. The molecule has 47 valence electrons. The van der Waals surface area contributed by atoms with Gasteiger partial charge in [-0.3, -0.25) is 5.32 Å². The average Bonchev–Trinajstić information content (AvgIpc) is 1.65. The van der Waals surface area contributed by atoms with E-state index < -0.39 is 18.9 Å². The number of hydrogen-bond donors (Lipinski definition) is 4. The van der Waals surface area contributed by atoms with Gasteiger partial charge in [0.05, 0.1) is 6.61 Å². The Morgan fingerprint density at radius 1 is 1.50 bits per heavy atom. The van der Waals surface area contributed by atoms with Crippen LogP contribution in [0.3, 0.4) is 0 Å².